The zero-order valence-corrected chi connectivity index (χ0v) is 18.6. The van der Waals surface area contributed by atoms with Gasteiger partial charge in [-0.1, -0.05) is 41.9 Å². The van der Waals surface area contributed by atoms with Gasteiger partial charge >= 0.3 is 0 Å². The third-order valence-corrected chi connectivity index (χ3v) is 7.93. The quantitative estimate of drug-likeness (QED) is 0.622. The number of amides is 1. The van der Waals surface area contributed by atoms with E-state index >= 15 is 0 Å². The van der Waals surface area contributed by atoms with Crippen LogP contribution >= 0.6 is 22.9 Å². The van der Waals surface area contributed by atoms with E-state index in [9.17, 15) is 13.2 Å². The van der Waals surface area contributed by atoms with Gasteiger partial charge in [-0.05, 0) is 42.2 Å². The molecule has 9 heteroatoms. The average Bonchev–Trinajstić information content (AvgIpc) is 3.15. The maximum Gasteiger partial charge on any atom is 0.263 e. The highest BCUT2D eigenvalue weighted by atomic mass is 35.5. The van der Waals surface area contributed by atoms with E-state index in [2.05, 4.69) is 15.8 Å². The van der Waals surface area contributed by atoms with Gasteiger partial charge in [0.15, 0.2) is 5.13 Å². The number of aromatic nitrogens is 1. The summed E-state index contributed by atoms with van der Waals surface area (Å²) >= 11 is 7.20. The lowest BCUT2D eigenvalue weighted by molar-refractivity contribution is -0.131. The molecule has 30 heavy (non-hydrogen) atoms. The Morgan fingerprint density at radius 3 is 2.77 bits per heavy atom. The molecule has 2 aromatic carbocycles. The van der Waals surface area contributed by atoms with Crippen LogP contribution in [0.3, 0.4) is 0 Å². The molecule has 0 radical (unpaired) electrons. The molecule has 0 atom stereocenters. The molecule has 0 bridgehead atoms. The van der Waals surface area contributed by atoms with Crippen molar-refractivity contribution in [2.45, 2.75) is 31.2 Å². The molecule has 1 N–H and O–H groups in total. The van der Waals surface area contributed by atoms with Gasteiger partial charge in [-0.25, -0.2) is 13.4 Å². The summed E-state index contributed by atoms with van der Waals surface area (Å²) in [7, 11) is -3.82. The van der Waals surface area contributed by atoms with Crippen molar-refractivity contribution in [3.05, 3.63) is 75.3 Å². The molecule has 3 aromatic rings. The Bertz CT molecular complexity index is 1210. The molecular weight excluding hydrogens is 442 g/mol. The van der Waals surface area contributed by atoms with Crippen LogP contribution in [0.15, 0.2) is 52.7 Å². The van der Waals surface area contributed by atoms with Crippen LogP contribution in [0.25, 0.3) is 0 Å². The molecular formula is C21H20ClN3O3S2. The van der Waals surface area contributed by atoms with Gasteiger partial charge < -0.3 is 4.90 Å². The van der Waals surface area contributed by atoms with Crippen molar-refractivity contribution in [2.75, 3.05) is 11.3 Å². The van der Waals surface area contributed by atoms with E-state index in [1.54, 1.807) is 24.4 Å². The fourth-order valence-electron chi connectivity index (χ4n) is 3.46. The van der Waals surface area contributed by atoms with Crippen molar-refractivity contribution in [3.63, 3.8) is 0 Å². The summed E-state index contributed by atoms with van der Waals surface area (Å²) in [5.74, 6) is -0.0186. The van der Waals surface area contributed by atoms with E-state index < -0.39 is 10.0 Å². The summed E-state index contributed by atoms with van der Waals surface area (Å²) in [6.45, 7) is 2.92. The number of hydrogen-bond donors (Lipinski definition) is 1. The fourth-order valence-corrected chi connectivity index (χ4v) is 5.92. The number of thiazole rings is 1. The molecule has 6 nitrogen and oxygen atoms in total. The minimum Gasteiger partial charge on any atom is -0.338 e. The van der Waals surface area contributed by atoms with Crippen LogP contribution in [0.4, 0.5) is 5.13 Å². The maximum atomic E-state index is 12.7. The SMILES string of the molecule is Cc1c(Cl)cccc1S(=O)(=O)Nc1nc(CC(=O)N2CCc3ccccc3C2)cs1. The molecule has 0 unspecified atom stereocenters. The number of sulfonamides is 1. The predicted molar refractivity (Wildman–Crippen MR) is 118 cm³/mol. The first kappa shape index (κ1) is 20.8. The van der Waals surface area contributed by atoms with Crippen molar-refractivity contribution < 1.29 is 13.2 Å². The lowest BCUT2D eigenvalue weighted by Crippen LogP contribution is -2.36. The van der Waals surface area contributed by atoms with E-state index in [-0.39, 0.29) is 22.4 Å². The Labute approximate surface area is 184 Å². The number of fused-ring (bicyclic) bond motifs is 1. The molecule has 1 aliphatic rings. The molecule has 1 aliphatic heterocycles. The normalized spacial score (nSPS) is 13.7. The Kier molecular flexibility index (Phi) is 5.81. The van der Waals surface area contributed by atoms with Crippen LogP contribution in [0.1, 0.15) is 22.4 Å². The topological polar surface area (TPSA) is 79.4 Å². The van der Waals surface area contributed by atoms with Crippen LogP contribution in [0.5, 0.6) is 0 Å². The van der Waals surface area contributed by atoms with Crippen molar-refractivity contribution in [1.29, 1.82) is 0 Å². The largest absolute Gasteiger partial charge is 0.338 e. The zero-order valence-electron chi connectivity index (χ0n) is 16.3. The van der Waals surface area contributed by atoms with Crippen LogP contribution < -0.4 is 4.72 Å². The molecule has 0 aliphatic carbocycles. The number of benzene rings is 2. The van der Waals surface area contributed by atoms with E-state index in [1.165, 1.54) is 17.2 Å². The number of carbonyl (C=O) groups is 1. The number of carbonyl (C=O) groups excluding carboxylic acids is 1. The number of rotatable bonds is 5. The molecule has 1 amide bonds. The van der Waals surface area contributed by atoms with Crippen molar-refractivity contribution in [2.24, 2.45) is 0 Å². The Hall–Kier alpha value is -2.42. The Morgan fingerprint density at radius 1 is 1.20 bits per heavy atom. The number of halogens is 1. The van der Waals surface area contributed by atoms with Gasteiger partial charge in [-0.3, -0.25) is 9.52 Å². The van der Waals surface area contributed by atoms with Crippen LogP contribution in [0, 0.1) is 6.92 Å². The molecule has 156 valence electrons. The highest BCUT2D eigenvalue weighted by molar-refractivity contribution is 7.93. The smallest absolute Gasteiger partial charge is 0.263 e. The summed E-state index contributed by atoms with van der Waals surface area (Å²) in [6.07, 6.45) is 0.972. The Balaban J connectivity index is 1.43. The summed E-state index contributed by atoms with van der Waals surface area (Å²) in [5.41, 5.74) is 3.47. The second kappa shape index (κ2) is 8.37. The van der Waals surface area contributed by atoms with Gasteiger partial charge in [0.2, 0.25) is 5.91 Å². The first-order valence-corrected chi connectivity index (χ1v) is 12.1. The van der Waals surface area contributed by atoms with Gasteiger partial charge in [-0.15, -0.1) is 11.3 Å². The lowest BCUT2D eigenvalue weighted by Gasteiger charge is -2.28. The third-order valence-electron chi connectivity index (χ3n) is 5.10. The van der Waals surface area contributed by atoms with Crippen LogP contribution in [-0.4, -0.2) is 30.8 Å². The van der Waals surface area contributed by atoms with E-state index in [0.717, 1.165) is 17.8 Å². The van der Waals surface area contributed by atoms with Gasteiger partial charge in [0.05, 0.1) is 17.0 Å². The summed E-state index contributed by atoms with van der Waals surface area (Å²) < 4.78 is 27.9. The minimum atomic E-state index is -3.82. The second-order valence-corrected chi connectivity index (χ2v) is 10.0. The monoisotopic (exact) mass is 461 g/mol. The van der Waals surface area contributed by atoms with Crippen molar-refractivity contribution >= 4 is 44.0 Å². The number of nitrogens with one attached hydrogen (secondary N) is 1. The van der Waals surface area contributed by atoms with E-state index in [4.69, 9.17) is 11.6 Å². The van der Waals surface area contributed by atoms with Crippen molar-refractivity contribution in [1.82, 2.24) is 9.88 Å². The lowest BCUT2D eigenvalue weighted by atomic mass is 10.00. The highest BCUT2D eigenvalue weighted by Crippen LogP contribution is 2.26. The first-order chi connectivity index (χ1) is 14.3. The standard InChI is InChI=1S/C21H20ClN3O3S2/c1-14-18(22)7-4-8-19(14)30(27,28)24-21-23-17(13-29-21)11-20(26)25-10-9-15-5-2-3-6-16(15)12-25/h2-8,13H,9-12H2,1H3,(H,23,24). The van der Waals surface area contributed by atoms with Gasteiger partial charge in [0.1, 0.15) is 0 Å². The van der Waals surface area contributed by atoms with Crippen LogP contribution in [-0.2, 0) is 34.2 Å². The molecule has 0 saturated carbocycles. The van der Waals surface area contributed by atoms with Crippen molar-refractivity contribution in [3.8, 4) is 0 Å². The van der Waals surface area contributed by atoms with Gasteiger partial charge in [-0.2, -0.15) is 0 Å². The number of nitrogens with zero attached hydrogens (tertiary/aromatic N) is 2. The summed E-state index contributed by atoms with van der Waals surface area (Å²) in [6, 6.07) is 12.9. The van der Waals surface area contributed by atoms with Gasteiger partial charge in [0, 0.05) is 23.5 Å². The van der Waals surface area contributed by atoms with Gasteiger partial charge in [0.25, 0.3) is 10.0 Å². The molecule has 0 saturated heterocycles. The molecule has 0 spiro atoms. The summed E-state index contributed by atoms with van der Waals surface area (Å²) in [5, 5.41) is 2.31. The third kappa shape index (κ3) is 4.35. The molecule has 4 rings (SSSR count). The number of anilines is 1. The minimum absolute atomic E-state index is 0.0186. The molecule has 0 fully saturated rings. The fraction of sp³-hybridized carbons (Fsp3) is 0.238. The highest BCUT2D eigenvalue weighted by Gasteiger charge is 2.23. The predicted octanol–water partition coefficient (Wildman–Crippen LogP) is 4.03. The summed E-state index contributed by atoms with van der Waals surface area (Å²) in [4.78, 5) is 18.9. The zero-order chi connectivity index (χ0) is 21.3. The Morgan fingerprint density at radius 2 is 1.97 bits per heavy atom. The molecule has 1 aromatic heterocycles. The van der Waals surface area contributed by atoms with E-state index in [1.807, 2.05) is 23.1 Å². The van der Waals surface area contributed by atoms with E-state index in [0.29, 0.717) is 29.4 Å². The second-order valence-electron chi connectivity index (χ2n) is 7.12. The first-order valence-electron chi connectivity index (χ1n) is 9.40. The maximum absolute atomic E-state index is 12.7. The van der Waals surface area contributed by atoms with Crippen LogP contribution in [0.2, 0.25) is 5.02 Å². The molecule has 2 heterocycles. The number of hydrogen-bond acceptors (Lipinski definition) is 5. The average molecular weight is 462 g/mol.